The maximum Gasteiger partial charge on any atom is 0.262 e. The molecule has 0 radical (unpaired) electrons. The second kappa shape index (κ2) is 7.95. The van der Waals surface area contributed by atoms with E-state index in [1.807, 2.05) is 30.3 Å². The Labute approximate surface area is 147 Å². The third-order valence-electron chi connectivity index (χ3n) is 3.47. The van der Waals surface area contributed by atoms with Gasteiger partial charge in [0.1, 0.15) is 5.39 Å². The Kier molecular flexibility index (Phi) is 5.46. The van der Waals surface area contributed by atoms with Crippen LogP contribution in [0.15, 0.2) is 46.5 Å². The summed E-state index contributed by atoms with van der Waals surface area (Å²) in [6.07, 6.45) is 1.41. The van der Waals surface area contributed by atoms with E-state index in [1.165, 1.54) is 10.9 Å². The molecule has 2 aromatic heterocycles. The van der Waals surface area contributed by atoms with Gasteiger partial charge in [-0.05, 0) is 5.56 Å². The lowest BCUT2D eigenvalue weighted by Crippen LogP contribution is -2.24. The molecule has 2 heterocycles. The monoisotopic (exact) mass is 359 g/mol. The molecular formula is C16H17N5O3S. The molecule has 0 spiro atoms. The Hall–Kier alpha value is -2.65. The minimum absolute atomic E-state index is 0.102. The van der Waals surface area contributed by atoms with Crippen molar-refractivity contribution in [3.05, 3.63) is 52.4 Å². The number of thioether (sulfide) groups is 1. The highest BCUT2D eigenvalue weighted by Gasteiger charge is 2.11. The molecule has 0 unspecified atom stereocenters. The molecule has 3 N–H and O–H groups in total. The van der Waals surface area contributed by atoms with Crippen molar-refractivity contribution in [2.75, 3.05) is 12.4 Å². The summed E-state index contributed by atoms with van der Waals surface area (Å²) in [7, 11) is 0. The summed E-state index contributed by atoms with van der Waals surface area (Å²) in [4.78, 5) is 31.0. The van der Waals surface area contributed by atoms with Gasteiger partial charge in [-0.2, -0.15) is 5.10 Å². The standard InChI is InChI=1S/C16H17N5O3S/c22-7-6-21-14-12(9-18-21)15(24)20-16(19-14)25-10-13(23)17-8-11-4-2-1-3-5-11/h1-5,9,22H,6-8,10H2,(H,17,23)(H,19,20,24). The van der Waals surface area contributed by atoms with E-state index < -0.39 is 0 Å². The van der Waals surface area contributed by atoms with E-state index in [4.69, 9.17) is 5.11 Å². The number of nitrogens with one attached hydrogen (secondary N) is 2. The number of rotatable bonds is 7. The minimum atomic E-state index is -0.318. The number of fused-ring (bicyclic) bond motifs is 1. The zero-order valence-corrected chi connectivity index (χ0v) is 14.1. The van der Waals surface area contributed by atoms with Gasteiger partial charge in [-0.15, -0.1) is 0 Å². The average Bonchev–Trinajstić information content (AvgIpc) is 3.03. The van der Waals surface area contributed by atoms with Crippen molar-refractivity contribution in [1.82, 2.24) is 25.1 Å². The fourth-order valence-corrected chi connectivity index (χ4v) is 2.94. The van der Waals surface area contributed by atoms with Crippen LogP contribution in [0.5, 0.6) is 0 Å². The van der Waals surface area contributed by atoms with Crippen LogP contribution in [-0.4, -0.2) is 43.1 Å². The van der Waals surface area contributed by atoms with Crippen LogP contribution in [0.3, 0.4) is 0 Å². The summed E-state index contributed by atoms with van der Waals surface area (Å²) in [5.74, 6) is -0.0180. The SMILES string of the molecule is O=C(CSc1nc2c(cnn2CCO)c(=O)[nH]1)NCc1ccccc1. The Morgan fingerprint density at radius 3 is 2.88 bits per heavy atom. The van der Waals surface area contributed by atoms with Crippen molar-refractivity contribution in [2.45, 2.75) is 18.2 Å². The molecule has 1 aromatic carbocycles. The Balaban J connectivity index is 1.63. The van der Waals surface area contributed by atoms with Crippen LogP contribution < -0.4 is 10.9 Å². The number of aliphatic hydroxyl groups excluding tert-OH is 1. The predicted octanol–water partition coefficient (Wildman–Crippen LogP) is 0.520. The molecule has 0 saturated carbocycles. The summed E-state index contributed by atoms with van der Waals surface area (Å²) >= 11 is 1.14. The summed E-state index contributed by atoms with van der Waals surface area (Å²) < 4.78 is 1.46. The van der Waals surface area contributed by atoms with E-state index in [-0.39, 0.29) is 30.4 Å². The molecule has 3 rings (SSSR count). The van der Waals surface area contributed by atoms with Gasteiger partial charge >= 0.3 is 0 Å². The number of amides is 1. The topological polar surface area (TPSA) is 113 Å². The lowest BCUT2D eigenvalue weighted by molar-refractivity contribution is -0.118. The van der Waals surface area contributed by atoms with Crippen LogP contribution in [0.1, 0.15) is 5.56 Å². The van der Waals surface area contributed by atoms with Gasteiger partial charge in [-0.3, -0.25) is 9.59 Å². The minimum Gasteiger partial charge on any atom is -0.394 e. The first-order chi connectivity index (χ1) is 12.2. The molecule has 0 aliphatic carbocycles. The number of aromatic amines is 1. The fourth-order valence-electron chi connectivity index (χ4n) is 2.25. The van der Waals surface area contributed by atoms with Gasteiger partial charge in [0.2, 0.25) is 5.91 Å². The average molecular weight is 359 g/mol. The lowest BCUT2D eigenvalue weighted by atomic mass is 10.2. The molecule has 0 fully saturated rings. The first-order valence-corrected chi connectivity index (χ1v) is 8.66. The zero-order valence-electron chi connectivity index (χ0n) is 13.3. The molecule has 0 aliphatic rings. The number of aromatic nitrogens is 4. The van der Waals surface area contributed by atoms with Crippen LogP contribution in [0.25, 0.3) is 11.0 Å². The summed E-state index contributed by atoms with van der Waals surface area (Å²) in [6, 6.07) is 9.61. The number of nitrogens with zero attached hydrogens (tertiary/aromatic N) is 3. The Bertz CT molecular complexity index is 922. The van der Waals surface area contributed by atoms with E-state index in [1.54, 1.807) is 0 Å². The normalized spacial score (nSPS) is 10.9. The van der Waals surface area contributed by atoms with E-state index in [0.29, 0.717) is 22.7 Å². The third kappa shape index (κ3) is 4.25. The summed E-state index contributed by atoms with van der Waals surface area (Å²) in [5.41, 5.74) is 1.09. The number of carbonyl (C=O) groups is 1. The van der Waals surface area contributed by atoms with Gasteiger partial charge < -0.3 is 15.4 Å². The molecule has 25 heavy (non-hydrogen) atoms. The van der Waals surface area contributed by atoms with Crippen molar-refractivity contribution in [2.24, 2.45) is 0 Å². The summed E-state index contributed by atoms with van der Waals surface area (Å²) in [6.45, 7) is 0.601. The second-order valence-electron chi connectivity index (χ2n) is 5.25. The fraction of sp³-hybridized carbons (Fsp3) is 0.250. The van der Waals surface area contributed by atoms with E-state index in [2.05, 4.69) is 20.4 Å². The first-order valence-electron chi connectivity index (χ1n) is 7.67. The van der Waals surface area contributed by atoms with E-state index in [9.17, 15) is 9.59 Å². The van der Waals surface area contributed by atoms with Gasteiger partial charge in [0.05, 0.1) is 25.1 Å². The third-order valence-corrected chi connectivity index (χ3v) is 4.34. The quantitative estimate of drug-likeness (QED) is 0.419. The molecular weight excluding hydrogens is 342 g/mol. The van der Waals surface area contributed by atoms with E-state index >= 15 is 0 Å². The lowest BCUT2D eigenvalue weighted by Gasteiger charge is -2.05. The molecule has 8 nitrogen and oxygen atoms in total. The van der Waals surface area contributed by atoms with Crippen LogP contribution in [-0.2, 0) is 17.9 Å². The largest absolute Gasteiger partial charge is 0.394 e. The maximum absolute atomic E-state index is 12.0. The molecule has 0 bridgehead atoms. The Morgan fingerprint density at radius 2 is 2.12 bits per heavy atom. The maximum atomic E-state index is 12.0. The van der Waals surface area contributed by atoms with Crippen LogP contribution in [0.2, 0.25) is 0 Å². The smallest absolute Gasteiger partial charge is 0.262 e. The molecule has 9 heteroatoms. The van der Waals surface area contributed by atoms with Crippen LogP contribution >= 0.6 is 11.8 Å². The van der Waals surface area contributed by atoms with Crippen molar-refractivity contribution in [3.63, 3.8) is 0 Å². The second-order valence-corrected chi connectivity index (χ2v) is 6.21. The molecule has 0 atom stereocenters. The Morgan fingerprint density at radius 1 is 1.32 bits per heavy atom. The highest BCUT2D eigenvalue weighted by atomic mass is 32.2. The van der Waals surface area contributed by atoms with Gasteiger partial charge in [-0.25, -0.2) is 9.67 Å². The van der Waals surface area contributed by atoms with Gasteiger partial charge in [0, 0.05) is 6.54 Å². The van der Waals surface area contributed by atoms with Gasteiger partial charge in [0.15, 0.2) is 10.8 Å². The highest BCUT2D eigenvalue weighted by Crippen LogP contribution is 2.14. The molecule has 0 saturated heterocycles. The van der Waals surface area contributed by atoms with Crippen LogP contribution in [0.4, 0.5) is 0 Å². The molecule has 0 aliphatic heterocycles. The first kappa shape index (κ1) is 17.2. The number of carbonyl (C=O) groups excluding carboxylic acids is 1. The number of H-pyrrole nitrogens is 1. The molecule has 130 valence electrons. The number of benzene rings is 1. The van der Waals surface area contributed by atoms with Crippen molar-refractivity contribution in [1.29, 1.82) is 0 Å². The number of hydrogen-bond donors (Lipinski definition) is 3. The van der Waals surface area contributed by atoms with Crippen molar-refractivity contribution >= 4 is 28.7 Å². The summed E-state index contributed by atoms with van der Waals surface area (Å²) in [5, 5.41) is 16.6. The highest BCUT2D eigenvalue weighted by molar-refractivity contribution is 7.99. The van der Waals surface area contributed by atoms with Crippen molar-refractivity contribution in [3.8, 4) is 0 Å². The predicted molar refractivity (Wildman–Crippen MR) is 94.2 cm³/mol. The van der Waals surface area contributed by atoms with Gasteiger partial charge in [0.25, 0.3) is 5.56 Å². The van der Waals surface area contributed by atoms with Crippen molar-refractivity contribution < 1.29 is 9.90 Å². The molecule has 1 amide bonds. The van der Waals surface area contributed by atoms with Crippen LogP contribution in [0, 0.1) is 0 Å². The van der Waals surface area contributed by atoms with E-state index in [0.717, 1.165) is 17.3 Å². The number of aliphatic hydroxyl groups is 1. The van der Waals surface area contributed by atoms with Gasteiger partial charge in [-0.1, -0.05) is 42.1 Å². The molecule has 3 aromatic rings. The zero-order chi connectivity index (χ0) is 17.6. The number of hydrogen-bond acceptors (Lipinski definition) is 6.